The molecule has 0 fully saturated rings. The van der Waals surface area contributed by atoms with Crippen LogP contribution in [-0.4, -0.2) is 6.21 Å². The summed E-state index contributed by atoms with van der Waals surface area (Å²) in [7, 11) is 0. The van der Waals surface area contributed by atoms with Gasteiger partial charge in [-0.25, -0.2) is 0 Å². The van der Waals surface area contributed by atoms with E-state index in [1.54, 1.807) is 0 Å². The topological polar surface area (TPSA) is 23.9 Å². The molecule has 0 rings (SSSR count). The molecule has 0 radical (unpaired) electrons. The van der Waals surface area contributed by atoms with Gasteiger partial charge in [-0.2, -0.15) is 0 Å². The molecule has 0 aromatic rings. The van der Waals surface area contributed by atoms with Crippen LogP contribution in [0.1, 0.15) is 40.5 Å². The minimum absolute atomic E-state index is 0.575. The Kier molecular flexibility index (Phi) is 6.18. The Morgan fingerprint density at radius 2 is 1.86 bits per heavy atom. The van der Waals surface area contributed by atoms with Gasteiger partial charge in [-0.05, 0) is 37.2 Å². The van der Waals surface area contributed by atoms with Crippen molar-refractivity contribution in [2.24, 2.45) is 11.8 Å². The number of allylic oxidation sites excluding steroid dienone is 3. The van der Waals surface area contributed by atoms with Crippen molar-refractivity contribution in [2.45, 2.75) is 40.5 Å². The zero-order valence-corrected chi connectivity index (χ0v) is 9.93. The van der Waals surface area contributed by atoms with E-state index in [2.05, 4.69) is 27.4 Å². The van der Waals surface area contributed by atoms with Crippen LogP contribution in [0.3, 0.4) is 0 Å². The van der Waals surface area contributed by atoms with E-state index in [1.165, 1.54) is 11.8 Å². The average Bonchev–Trinajstić information content (AvgIpc) is 2.13. The smallest absolute Gasteiger partial charge is 0.0206 e. The summed E-state index contributed by atoms with van der Waals surface area (Å²) in [5.74, 6) is 1.17. The molecule has 0 aliphatic heterocycles. The molecule has 0 bridgehead atoms. The van der Waals surface area contributed by atoms with Gasteiger partial charge < -0.3 is 5.41 Å². The Morgan fingerprint density at radius 1 is 1.29 bits per heavy atom. The molecular formula is C13H23N. The molecule has 1 N–H and O–H groups in total. The van der Waals surface area contributed by atoms with E-state index < -0.39 is 0 Å². The number of hydrogen-bond donors (Lipinski definition) is 1. The second-order valence-corrected chi connectivity index (χ2v) is 4.33. The lowest BCUT2D eigenvalue weighted by Crippen LogP contribution is -2.02. The van der Waals surface area contributed by atoms with Crippen LogP contribution in [0.4, 0.5) is 0 Å². The molecule has 0 amide bonds. The van der Waals surface area contributed by atoms with Gasteiger partial charge in [0.2, 0.25) is 0 Å². The summed E-state index contributed by atoms with van der Waals surface area (Å²) in [6.07, 6.45) is 5.53. The van der Waals surface area contributed by atoms with Crippen LogP contribution in [0.5, 0.6) is 0 Å². The normalized spacial score (nSPS) is 14.2. The van der Waals surface area contributed by atoms with E-state index in [-0.39, 0.29) is 0 Å². The zero-order valence-electron chi connectivity index (χ0n) is 9.93. The SMILES string of the molecule is C=C(CC(C)C/C(C=N)=C/C)C(C)C. The van der Waals surface area contributed by atoms with Crippen LogP contribution in [0.25, 0.3) is 0 Å². The van der Waals surface area contributed by atoms with E-state index in [0.29, 0.717) is 11.8 Å². The Balaban J connectivity index is 4.04. The Labute approximate surface area is 88.4 Å². The van der Waals surface area contributed by atoms with Crippen molar-refractivity contribution in [1.82, 2.24) is 0 Å². The average molecular weight is 193 g/mol. The third-order valence-corrected chi connectivity index (χ3v) is 2.57. The van der Waals surface area contributed by atoms with Crippen molar-refractivity contribution in [3.05, 3.63) is 23.8 Å². The van der Waals surface area contributed by atoms with Gasteiger partial charge in [0.15, 0.2) is 0 Å². The van der Waals surface area contributed by atoms with Crippen LogP contribution in [-0.2, 0) is 0 Å². The van der Waals surface area contributed by atoms with Crippen molar-refractivity contribution in [3.8, 4) is 0 Å². The van der Waals surface area contributed by atoms with Gasteiger partial charge >= 0.3 is 0 Å². The molecule has 0 saturated carbocycles. The van der Waals surface area contributed by atoms with Crippen LogP contribution in [0.2, 0.25) is 0 Å². The van der Waals surface area contributed by atoms with E-state index in [0.717, 1.165) is 18.4 Å². The second-order valence-electron chi connectivity index (χ2n) is 4.33. The van der Waals surface area contributed by atoms with Crippen LogP contribution in [0.15, 0.2) is 23.8 Å². The van der Waals surface area contributed by atoms with Crippen molar-refractivity contribution < 1.29 is 0 Å². The Hall–Kier alpha value is -0.850. The molecule has 1 heteroatoms. The first kappa shape index (κ1) is 13.2. The summed E-state index contributed by atoms with van der Waals surface area (Å²) in [4.78, 5) is 0. The van der Waals surface area contributed by atoms with Gasteiger partial charge in [0.25, 0.3) is 0 Å². The fourth-order valence-electron chi connectivity index (χ4n) is 1.42. The quantitative estimate of drug-likeness (QED) is 0.482. The molecule has 0 aromatic carbocycles. The highest BCUT2D eigenvalue weighted by Gasteiger charge is 2.08. The van der Waals surface area contributed by atoms with Gasteiger partial charge in [-0.3, -0.25) is 0 Å². The van der Waals surface area contributed by atoms with E-state index in [1.807, 2.05) is 13.0 Å². The Morgan fingerprint density at radius 3 is 2.21 bits per heavy atom. The summed E-state index contributed by atoms with van der Waals surface area (Å²) < 4.78 is 0. The van der Waals surface area contributed by atoms with Crippen LogP contribution >= 0.6 is 0 Å². The molecule has 0 saturated heterocycles. The molecular weight excluding hydrogens is 170 g/mol. The maximum Gasteiger partial charge on any atom is 0.0206 e. The van der Waals surface area contributed by atoms with Crippen molar-refractivity contribution in [2.75, 3.05) is 0 Å². The van der Waals surface area contributed by atoms with E-state index in [9.17, 15) is 0 Å². The summed E-state index contributed by atoms with van der Waals surface area (Å²) in [6.45, 7) is 12.7. The summed E-state index contributed by atoms with van der Waals surface area (Å²) in [5.41, 5.74) is 2.44. The third-order valence-electron chi connectivity index (χ3n) is 2.57. The zero-order chi connectivity index (χ0) is 11.1. The standard InChI is InChI=1S/C13H23N/c1-6-13(9-14)8-11(4)7-12(5)10(2)3/h6,9-11,14H,5,7-8H2,1-4H3/b13-6-,14-9?. The predicted molar refractivity (Wildman–Crippen MR) is 64.9 cm³/mol. The first-order valence-corrected chi connectivity index (χ1v) is 5.34. The largest absolute Gasteiger partial charge is 0.308 e. The highest BCUT2D eigenvalue weighted by molar-refractivity contribution is 5.75. The first-order chi connectivity index (χ1) is 6.51. The minimum atomic E-state index is 0.575. The molecule has 0 aliphatic carbocycles. The first-order valence-electron chi connectivity index (χ1n) is 5.34. The molecule has 0 aromatic heterocycles. The lowest BCUT2D eigenvalue weighted by Gasteiger charge is -2.15. The van der Waals surface area contributed by atoms with Crippen LogP contribution < -0.4 is 0 Å². The molecule has 1 atom stereocenters. The van der Waals surface area contributed by atoms with Gasteiger partial charge in [-0.1, -0.05) is 39.0 Å². The molecule has 1 unspecified atom stereocenters. The van der Waals surface area contributed by atoms with Gasteiger partial charge in [0.05, 0.1) is 0 Å². The van der Waals surface area contributed by atoms with Crippen molar-refractivity contribution in [1.29, 1.82) is 5.41 Å². The minimum Gasteiger partial charge on any atom is -0.308 e. The third kappa shape index (κ3) is 5.00. The highest BCUT2D eigenvalue weighted by atomic mass is 14.3. The predicted octanol–water partition coefficient (Wildman–Crippen LogP) is 4.21. The van der Waals surface area contributed by atoms with Crippen LogP contribution in [0, 0.1) is 17.2 Å². The molecule has 80 valence electrons. The highest BCUT2D eigenvalue weighted by Crippen LogP contribution is 2.21. The number of hydrogen-bond acceptors (Lipinski definition) is 1. The van der Waals surface area contributed by atoms with E-state index in [4.69, 9.17) is 5.41 Å². The molecule has 0 heterocycles. The van der Waals surface area contributed by atoms with Gasteiger partial charge in [0, 0.05) is 6.21 Å². The summed E-state index contributed by atoms with van der Waals surface area (Å²) >= 11 is 0. The summed E-state index contributed by atoms with van der Waals surface area (Å²) in [6, 6.07) is 0. The summed E-state index contributed by atoms with van der Waals surface area (Å²) in [5, 5.41) is 7.20. The monoisotopic (exact) mass is 193 g/mol. The lowest BCUT2D eigenvalue weighted by atomic mass is 9.90. The second kappa shape index (κ2) is 6.58. The van der Waals surface area contributed by atoms with Gasteiger partial charge in [0.1, 0.15) is 0 Å². The Bertz CT molecular complexity index is 223. The molecule has 0 spiro atoms. The molecule has 1 nitrogen and oxygen atoms in total. The maximum atomic E-state index is 7.20. The number of nitrogens with one attached hydrogen (secondary N) is 1. The van der Waals surface area contributed by atoms with Crippen molar-refractivity contribution >= 4 is 6.21 Å². The van der Waals surface area contributed by atoms with Crippen molar-refractivity contribution in [3.63, 3.8) is 0 Å². The maximum absolute atomic E-state index is 7.20. The molecule has 0 aliphatic rings. The fourth-order valence-corrected chi connectivity index (χ4v) is 1.42. The molecule has 14 heavy (non-hydrogen) atoms. The number of rotatable bonds is 6. The van der Waals surface area contributed by atoms with E-state index >= 15 is 0 Å². The van der Waals surface area contributed by atoms with Gasteiger partial charge in [-0.15, -0.1) is 0 Å². The fraction of sp³-hybridized carbons (Fsp3) is 0.615. The lowest BCUT2D eigenvalue weighted by molar-refractivity contribution is 0.545.